The minimum Gasteiger partial charge on any atom is -0.411 e. The Morgan fingerprint density at radius 2 is 1.15 bits per heavy atom. The summed E-state index contributed by atoms with van der Waals surface area (Å²) in [5, 5.41) is 0. The normalized spacial score (nSPS) is 9.60. The van der Waals surface area contributed by atoms with Crippen LogP contribution in [0.3, 0.4) is 0 Å². The van der Waals surface area contributed by atoms with Crippen molar-refractivity contribution in [2.24, 2.45) is 0 Å². The van der Waals surface area contributed by atoms with Gasteiger partial charge >= 0.3 is 28.4 Å². The van der Waals surface area contributed by atoms with Gasteiger partial charge in [-0.2, -0.15) is 0 Å². The van der Waals surface area contributed by atoms with E-state index in [1.54, 1.807) is 0 Å². The van der Waals surface area contributed by atoms with E-state index in [-0.39, 0.29) is 34.9 Å². The summed E-state index contributed by atoms with van der Waals surface area (Å²) < 4.78 is 4.21. The summed E-state index contributed by atoms with van der Waals surface area (Å²) in [6.45, 7) is 0.116. The van der Waals surface area contributed by atoms with Gasteiger partial charge in [0.2, 0.25) is 5.88 Å². The zero-order chi connectivity index (χ0) is 29.8. The maximum absolute atomic E-state index is 10.9. The zero-order valence-electron chi connectivity index (χ0n) is 19.5. The first-order valence-corrected chi connectivity index (χ1v) is 10.1. The molecular weight excluding hydrogens is 546 g/mol. The Labute approximate surface area is 213 Å². The van der Waals surface area contributed by atoms with Crippen LogP contribution in [0.1, 0.15) is 0 Å². The first kappa shape index (κ1) is 29.5. The van der Waals surface area contributed by atoms with Crippen LogP contribution in [-0.4, -0.2) is 56.3 Å². The summed E-state index contributed by atoms with van der Waals surface area (Å²) in [6, 6.07) is 3.29. The lowest BCUT2D eigenvalue weighted by atomic mass is 10.5. The average Bonchev–Trinajstić information content (AvgIpc) is 3.19. The van der Waals surface area contributed by atoms with Gasteiger partial charge in [0.15, 0.2) is 0 Å². The van der Waals surface area contributed by atoms with Gasteiger partial charge in [-0.25, -0.2) is 24.0 Å². The van der Waals surface area contributed by atoms with E-state index in [0.717, 1.165) is 12.1 Å². The molecule has 0 saturated heterocycles. The Hall–Kier alpha value is -6.74. The Morgan fingerprint density at radius 1 is 0.600 bits per heavy atom. The van der Waals surface area contributed by atoms with Crippen molar-refractivity contribution >= 4 is 23.5 Å². The number of aromatic amines is 10. The van der Waals surface area contributed by atoms with Crippen LogP contribution in [0.15, 0.2) is 67.5 Å². The van der Waals surface area contributed by atoms with Crippen LogP contribution in [0.5, 0.6) is 5.88 Å². The van der Waals surface area contributed by atoms with Crippen molar-refractivity contribution in [3.05, 3.63) is 118 Å². The first-order chi connectivity index (χ1) is 18.9. The van der Waals surface area contributed by atoms with Crippen molar-refractivity contribution in [2.75, 3.05) is 5.73 Å². The van der Waals surface area contributed by atoms with Crippen molar-refractivity contribution < 1.29 is 9.53 Å². The number of nitrogens with one attached hydrogen (secondary N) is 10. The fourth-order valence-corrected chi connectivity index (χ4v) is 2.39. The summed E-state index contributed by atoms with van der Waals surface area (Å²) in [5.41, 5.74) is 0.170. The Bertz CT molecular complexity index is 2050. The predicted molar refractivity (Wildman–Crippen MR) is 134 cm³/mol. The molecule has 5 aromatic rings. The summed E-state index contributed by atoms with van der Waals surface area (Å²) in [7, 11) is 0. The van der Waals surface area contributed by atoms with Gasteiger partial charge in [-0.3, -0.25) is 68.8 Å². The molecule has 12 N–H and O–H groups in total. The highest BCUT2D eigenvalue weighted by Gasteiger charge is 2.02. The van der Waals surface area contributed by atoms with Crippen molar-refractivity contribution in [2.45, 2.75) is 0 Å². The second-order valence-corrected chi connectivity index (χ2v) is 6.74. The fourth-order valence-electron chi connectivity index (χ4n) is 2.39. The van der Waals surface area contributed by atoms with Gasteiger partial charge in [0.05, 0.1) is 6.07 Å². The molecule has 0 unspecified atom stereocenters. The second-order valence-electron chi connectivity index (χ2n) is 6.74. The average molecular weight is 563 g/mol. The third-order valence-corrected chi connectivity index (χ3v) is 3.80. The monoisotopic (exact) mass is 563 g/mol. The molecule has 0 spiro atoms. The molecule has 0 aromatic carbocycles. The lowest BCUT2D eigenvalue weighted by molar-refractivity contribution is -0.120. The lowest BCUT2D eigenvalue weighted by Crippen LogP contribution is -2.22. The molecular formula is C18H17N11O11. The molecule has 0 aliphatic carbocycles. The molecule has 0 amide bonds. The third-order valence-electron chi connectivity index (χ3n) is 3.80. The number of nitrogen functional groups attached to an aromatic ring is 1. The van der Waals surface area contributed by atoms with Crippen LogP contribution in [0, 0.1) is 0 Å². The molecule has 5 aromatic heterocycles. The van der Waals surface area contributed by atoms with Gasteiger partial charge in [-0.1, -0.05) is 0 Å². The predicted octanol–water partition coefficient (Wildman–Crippen LogP) is -5.46. The molecule has 5 rings (SSSR count). The minimum atomic E-state index is -0.714. The van der Waals surface area contributed by atoms with E-state index in [0.29, 0.717) is 0 Å². The minimum absolute atomic E-state index is 0.0413. The number of carbonyl (C=O) groups excluding carboxylic acids is 1. The molecule has 22 heteroatoms. The number of hydrogen-bond donors (Lipinski definition) is 11. The van der Waals surface area contributed by atoms with Crippen molar-refractivity contribution in [1.82, 2.24) is 49.8 Å². The van der Waals surface area contributed by atoms with Crippen LogP contribution < -0.4 is 61.2 Å². The molecule has 0 aliphatic rings. The summed E-state index contributed by atoms with van der Waals surface area (Å²) in [6.07, 6.45) is 1.29. The van der Waals surface area contributed by atoms with E-state index in [1.165, 1.54) is 12.3 Å². The smallest absolute Gasteiger partial charge is 0.328 e. The van der Waals surface area contributed by atoms with E-state index in [1.807, 2.05) is 19.9 Å². The van der Waals surface area contributed by atoms with E-state index in [2.05, 4.69) is 34.6 Å². The van der Waals surface area contributed by atoms with Gasteiger partial charge in [0, 0.05) is 18.3 Å². The molecule has 0 atom stereocenters. The first-order valence-electron chi connectivity index (χ1n) is 10.1. The van der Waals surface area contributed by atoms with Gasteiger partial charge in [-0.15, -0.1) is 0 Å². The van der Waals surface area contributed by atoms with Crippen LogP contribution >= 0.6 is 0 Å². The number of hydrogen-bond acceptors (Lipinski definition) is 12. The number of ether oxygens (including phenoxy) is 1. The zero-order valence-corrected chi connectivity index (χ0v) is 19.5. The number of rotatable bonds is 2. The Kier molecular flexibility index (Phi) is 9.98. The SMILES string of the molecule is Nc1cc(=O)[nH]c(=O)[nH]1.O=COc1cc(=O)[nH]c(=O)[nH]1.O=c1[nH]c(=O)c2[nH]c(=O)[nH]c2[nH]1.O=c1cc[nH]c(=O)[nH]1. The second kappa shape index (κ2) is 13.5. The molecule has 0 saturated carbocycles. The van der Waals surface area contributed by atoms with E-state index >= 15 is 0 Å². The van der Waals surface area contributed by atoms with Gasteiger partial charge in [0.1, 0.15) is 17.0 Å². The van der Waals surface area contributed by atoms with Gasteiger partial charge in [-0.05, 0) is 0 Å². The lowest BCUT2D eigenvalue weighted by Gasteiger charge is -1.92. The Morgan fingerprint density at radius 3 is 1.65 bits per heavy atom. The maximum atomic E-state index is 10.9. The molecule has 0 bridgehead atoms. The van der Waals surface area contributed by atoms with Crippen molar-refractivity contribution in [3.63, 3.8) is 0 Å². The summed E-state index contributed by atoms with van der Waals surface area (Å²) in [5.74, 6) is -0.0995. The quantitative estimate of drug-likeness (QED) is 0.0896. The Balaban J connectivity index is 0.000000189. The molecule has 40 heavy (non-hydrogen) atoms. The van der Waals surface area contributed by atoms with Gasteiger partial charge in [0.25, 0.3) is 28.7 Å². The third kappa shape index (κ3) is 9.72. The number of fused-ring (bicyclic) bond motifs is 1. The highest BCUT2D eigenvalue weighted by atomic mass is 16.5. The number of imidazole rings is 1. The van der Waals surface area contributed by atoms with Gasteiger partial charge < -0.3 is 15.5 Å². The number of aromatic nitrogens is 10. The number of anilines is 1. The van der Waals surface area contributed by atoms with Crippen LogP contribution in [0.4, 0.5) is 5.82 Å². The summed E-state index contributed by atoms with van der Waals surface area (Å²) >= 11 is 0. The molecule has 22 nitrogen and oxygen atoms in total. The molecule has 5 heterocycles. The molecule has 210 valence electrons. The van der Waals surface area contributed by atoms with Crippen LogP contribution in [-0.2, 0) is 4.79 Å². The number of carbonyl (C=O) groups is 1. The number of nitrogens with two attached hydrogens (primary N) is 1. The highest BCUT2D eigenvalue weighted by molar-refractivity contribution is 5.67. The van der Waals surface area contributed by atoms with E-state index < -0.39 is 45.1 Å². The van der Waals surface area contributed by atoms with Crippen LogP contribution in [0.25, 0.3) is 11.2 Å². The molecule has 0 fully saturated rings. The van der Waals surface area contributed by atoms with E-state index in [4.69, 9.17) is 5.73 Å². The van der Waals surface area contributed by atoms with Crippen LogP contribution in [0.2, 0.25) is 0 Å². The number of H-pyrrole nitrogens is 10. The topological polar surface area (TPSA) is 364 Å². The van der Waals surface area contributed by atoms with Crippen molar-refractivity contribution in [3.8, 4) is 5.88 Å². The standard InChI is InChI=1S/C5H4N4O3.C5H4N2O4.C4H5N3O2.C4H4N2O2/c10-3-1-2(7-4(11)6-1)8-5(12)9-3;8-2-11-4-1-3(9)6-5(10)7-4;5-2-1-3(8)7-4(9)6-2;7-3-1-2-5-4(8)6-3/h(H4,6,7,8,9,10,11,12);1-2H,(H2,6,7,9,10);1H,(H4,5,6,7,8,9);1-2H,(H2,5,6,7,8). The van der Waals surface area contributed by atoms with E-state index in [9.17, 15) is 47.9 Å². The largest absolute Gasteiger partial charge is 0.411 e. The fraction of sp³-hybridized carbons (Fsp3) is 0. The maximum Gasteiger partial charge on any atom is 0.328 e. The molecule has 0 radical (unpaired) electrons. The summed E-state index contributed by atoms with van der Waals surface area (Å²) in [4.78, 5) is 125. The van der Waals surface area contributed by atoms with Crippen molar-refractivity contribution in [1.29, 1.82) is 0 Å². The molecule has 0 aliphatic heterocycles. The highest BCUT2D eigenvalue weighted by Crippen LogP contribution is 1.93.